The third-order valence-corrected chi connectivity index (χ3v) is 6.21. The minimum atomic E-state index is -0.0691. The van der Waals surface area contributed by atoms with E-state index in [1.54, 1.807) is 23.5 Å². The lowest BCUT2D eigenvalue weighted by Crippen LogP contribution is -2.41. The van der Waals surface area contributed by atoms with Gasteiger partial charge in [-0.05, 0) is 53.0 Å². The van der Waals surface area contributed by atoms with Gasteiger partial charge < -0.3 is 14.1 Å². The molecule has 3 heterocycles. The molecule has 0 saturated carbocycles. The molecule has 0 aliphatic carbocycles. The average molecular weight is 435 g/mol. The Bertz CT molecular complexity index is 918. The summed E-state index contributed by atoms with van der Waals surface area (Å²) < 4.78 is 13.3. The molecular weight excluding hydrogens is 416 g/mol. The Morgan fingerprint density at radius 1 is 1.23 bits per heavy atom. The zero-order valence-corrected chi connectivity index (χ0v) is 17.0. The molecule has 0 spiro atoms. The van der Waals surface area contributed by atoms with Crippen molar-refractivity contribution in [3.8, 4) is 5.19 Å². The highest BCUT2D eigenvalue weighted by Crippen LogP contribution is 2.33. The van der Waals surface area contributed by atoms with Crippen molar-refractivity contribution in [2.45, 2.75) is 32.8 Å². The van der Waals surface area contributed by atoms with Gasteiger partial charge in [-0.1, -0.05) is 23.5 Å². The Kier molecular flexibility index (Phi) is 4.75. The summed E-state index contributed by atoms with van der Waals surface area (Å²) in [5.41, 5.74) is 3.42. The van der Waals surface area contributed by atoms with E-state index in [0.29, 0.717) is 23.5 Å². The minimum absolute atomic E-state index is 0.0691. The molecule has 26 heavy (non-hydrogen) atoms. The van der Waals surface area contributed by atoms with Gasteiger partial charge in [-0.3, -0.25) is 4.79 Å². The second-order valence-corrected chi connectivity index (χ2v) is 8.31. The number of carbonyl (C=O) groups is 1. The van der Waals surface area contributed by atoms with Crippen LogP contribution in [0.5, 0.6) is 5.19 Å². The molecule has 0 radical (unpaired) electrons. The normalized spacial score (nSPS) is 15.6. The monoisotopic (exact) mass is 434 g/mol. The molecule has 0 unspecified atom stereocenters. The number of rotatable bonds is 3. The highest BCUT2D eigenvalue weighted by atomic mass is 79.9. The summed E-state index contributed by atoms with van der Waals surface area (Å²) in [4.78, 5) is 18.9. The third-order valence-electron chi connectivity index (χ3n) is 4.70. The fourth-order valence-corrected chi connectivity index (χ4v) is 4.53. The van der Waals surface area contributed by atoms with Gasteiger partial charge >= 0.3 is 0 Å². The second-order valence-electron chi connectivity index (χ2n) is 6.57. The number of likely N-dealkylation sites (tertiary alicyclic amines) is 1. The first-order chi connectivity index (χ1) is 12.5. The van der Waals surface area contributed by atoms with Crippen LogP contribution in [-0.4, -0.2) is 35.0 Å². The van der Waals surface area contributed by atoms with Gasteiger partial charge in [0.05, 0.1) is 10.2 Å². The number of ether oxygens (including phenoxy) is 1. The Morgan fingerprint density at radius 3 is 2.62 bits per heavy atom. The highest BCUT2D eigenvalue weighted by Gasteiger charge is 2.27. The van der Waals surface area contributed by atoms with Crippen molar-refractivity contribution < 1.29 is 13.9 Å². The van der Waals surface area contributed by atoms with E-state index in [9.17, 15) is 4.79 Å². The maximum Gasteiger partial charge on any atom is 0.289 e. The molecule has 5 nitrogen and oxygen atoms in total. The van der Waals surface area contributed by atoms with Gasteiger partial charge in [0.25, 0.3) is 11.1 Å². The Hall–Kier alpha value is -1.86. The van der Waals surface area contributed by atoms with Crippen LogP contribution in [0.3, 0.4) is 0 Å². The van der Waals surface area contributed by atoms with E-state index in [1.807, 2.05) is 4.90 Å². The number of halogens is 1. The largest absolute Gasteiger partial charge is 0.467 e. The van der Waals surface area contributed by atoms with Gasteiger partial charge in [-0.2, -0.15) is 0 Å². The molecule has 7 heteroatoms. The molecule has 1 aliphatic heterocycles. The highest BCUT2D eigenvalue weighted by molar-refractivity contribution is 9.10. The standard InChI is InChI=1S/C19H19BrN2O3S/c1-11-3-4-12(2)17-16(11)21-19(26-17)24-13-7-9-22(10-8-13)18(23)14-5-6-15(20)25-14/h3-6,13H,7-10H2,1-2H3. The maximum absolute atomic E-state index is 12.4. The predicted octanol–water partition coefficient (Wildman–Crippen LogP) is 4.95. The molecule has 1 saturated heterocycles. The first-order valence-corrected chi connectivity index (χ1v) is 10.2. The van der Waals surface area contributed by atoms with Crippen LogP contribution in [0.4, 0.5) is 0 Å². The fourth-order valence-electron chi connectivity index (χ4n) is 3.19. The lowest BCUT2D eigenvalue weighted by molar-refractivity contribution is 0.0565. The van der Waals surface area contributed by atoms with Crippen molar-refractivity contribution in [1.29, 1.82) is 0 Å². The van der Waals surface area contributed by atoms with Crippen LogP contribution in [0.15, 0.2) is 33.4 Å². The van der Waals surface area contributed by atoms with E-state index >= 15 is 0 Å². The summed E-state index contributed by atoms with van der Waals surface area (Å²) in [6.07, 6.45) is 1.67. The van der Waals surface area contributed by atoms with Crippen LogP contribution in [0, 0.1) is 13.8 Å². The number of benzene rings is 1. The number of furan rings is 1. The topological polar surface area (TPSA) is 55.6 Å². The van der Waals surface area contributed by atoms with Crippen molar-refractivity contribution in [3.63, 3.8) is 0 Å². The van der Waals surface area contributed by atoms with Crippen LogP contribution in [0.1, 0.15) is 34.5 Å². The van der Waals surface area contributed by atoms with Gasteiger partial charge in [0.1, 0.15) is 6.10 Å². The number of nitrogens with zero attached hydrogens (tertiary/aromatic N) is 2. The predicted molar refractivity (Wildman–Crippen MR) is 105 cm³/mol. The molecular formula is C19H19BrN2O3S. The molecule has 0 atom stereocenters. The van der Waals surface area contributed by atoms with E-state index in [1.165, 1.54) is 15.8 Å². The molecule has 1 aliphatic rings. The van der Waals surface area contributed by atoms with E-state index in [0.717, 1.165) is 23.6 Å². The summed E-state index contributed by atoms with van der Waals surface area (Å²) >= 11 is 4.84. The zero-order valence-electron chi connectivity index (χ0n) is 14.6. The van der Waals surface area contributed by atoms with Gasteiger partial charge in [-0.25, -0.2) is 4.98 Å². The summed E-state index contributed by atoms with van der Waals surface area (Å²) in [6.45, 7) is 5.48. The smallest absolute Gasteiger partial charge is 0.289 e. The zero-order chi connectivity index (χ0) is 18.3. The number of amides is 1. The average Bonchev–Trinajstić information content (AvgIpc) is 3.25. The molecule has 1 amide bonds. The minimum Gasteiger partial charge on any atom is -0.467 e. The first kappa shape index (κ1) is 17.5. The Morgan fingerprint density at radius 2 is 1.96 bits per heavy atom. The number of aryl methyl sites for hydroxylation is 2. The summed E-state index contributed by atoms with van der Waals surface area (Å²) in [5.74, 6) is 0.300. The molecule has 2 aromatic heterocycles. The van der Waals surface area contributed by atoms with Crippen LogP contribution >= 0.6 is 27.3 Å². The third kappa shape index (κ3) is 3.38. The summed E-state index contributed by atoms with van der Waals surface area (Å²) in [5, 5.41) is 0.720. The molecule has 3 aromatic rings. The number of thiazole rings is 1. The number of aromatic nitrogens is 1. The Balaban J connectivity index is 1.40. The van der Waals surface area contributed by atoms with Crippen molar-refractivity contribution in [2.75, 3.05) is 13.1 Å². The molecule has 1 fully saturated rings. The summed E-state index contributed by atoms with van der Waals surface area (Å²) in [6, 6.07) is 7.65. The number of fused-ring (bicyclic) bond motifs is 1. The van der Waals surface area contributed by atoms with Crippen molar-refractivity contribution in [2.24, 2.45) is 0 Å². The van der Waals surface area contributed by atoms with Crippen molar-refractivity contribution in [3.05, 3.63) is 45.8 Å². The van der Waals surface area contributed by atoms with Gasteiger partial charge in [0.2, 0.25) is 0 Å². The van der Waals surface area contributed by atoms with Crippen LogP contribution < -0.4 is 4.74 Å². The molecule has 0 bridgehead atoms. The summed E-state index contributed by atoms with van der Waals surface area (Å²) in [7, 11) is 0. The number of hydrogen-bond donors (Lipinski definition) is 0. The molecule has 136 valence electrons. The van der Waals surface area contributed by atoms with Gasteiger partial charge in [0.15, 0.2) is 10.4 Å². The molecule has 4 rings (SSSR count). The van der Waals surface area contributed by atoms with Gasteiger partial charge in [0, 0.05) is 25.9 Å². The second kappa shape index (κ2) is 7.04. The Labute approximate surface area is 164 Å². The van der Waals surface area contributed by atoms with E-state index in [-0.39, 0.29) is 12.0 Å². The lowest BCUT2D eigenvalue weighted by Gasteiger charge is -2.31. The molecule has 0 N–H and O–H groups in total. The van der Waals surface area contributed by atoms with E-state index in [4.69, 9.17) is 9.15 Å². The first-order valence-electron chi connectivity index (χ1n) is 8.59. The lowest BCUT2D eigenvalue weighted by atomic mass is 10.1. The molecule has 1 aromatic carbocycles. The van der Waals surface area contributed by atoms with Crippen molar-refractivity contribution >= 4 is 43.4 Å². The maximum atomic E-state index is 12.4. The van der Waals surface area contributed by atoms with E-state index in [2.05, 4.69) is 46.9 Å². The number of hydrogen-bond acceptors (Lipinski definition) is 5. The van der Waals surface area contributed by atoms with Crippen LogP contribution in [-0.2, 0) is 0 Å². The van der Waals surface area contributed by atoms with Gasteiger partial charge in [-0.15, -0.1) is 0 Å². The quantitative estimate of drug-likeness (QED) is 0.584. The van der Waals surface area contributed by atoms with E-state index < -0.39 is 0 Å². The number of carbonyl (C=O) groups excluding carboxylic acids is 1. The van der Waals surface area contributed by atoms with Crippen molar-refractivity contribution in [1.82, 2.24) is 9.88 Å². The number of piperidine rings is 1. The van der Waals surface area contributed by atoms with Crippen LogP contribution in [0.2, 0.25) is 0 Å². The fraction of sp³-hybridized carbons (Fsp3) is 0.368. The van der Waals surface area contributed by atoms with Crippen LogP contribution in [0.25, 0.3) is 10.2 Å². The SMILES string of the molecule is Cc1ccc(C)c2sc(OC3CCN(C(=O)c4ccc(Br)o4)CC3)nc12.